The maximum absolute atomic E-state index is 13.7. The summed E-state index contributed by atoms with van der Waals surface area (Å²) >= 11 is 5.91. The normalized spacial score (nSPS) is 13.6. The van der Waals surface area contributed by atoms with Crippen LogP contribution in [0.2, 0.25) is 5.02 Å². The van der Waals surface area contributed by atoms with Crippen LogP contribution in [0.1, 0.15) is 28.5 Å². The van der Waals surface area contributed by atoms with Crippen LogP contribution in [-0.4, -0.2) is 34.9 Å². The average molecular weight is 413 g/mol. The van der Waals surface area contributed by atoms with E-state index in [1.54, 1.807) is 37.3 Å². The first kappa shape index (κ1) is 19.2. The number of halogens is 2. The molecule has 1 aliphatic heterocycles. The summed E-state index contributed by atoms with van der Waals surface area (Å²) in [6.45, 7) is 2.28. The molecule has 29 heavy (non-hydrogen) atoms. The number of carbonyl (C=O) groups excluding carboxylic acids is 2. The van der Waals surface area contributed by atoms with Gasteiger partial charge in [0.1, 0.15) is 5.82 Å². The zero-order valence-corrected chi connectivity index (χ0v) is 16.4. The largest absolute Gasteiger partial charge is 0.462 e. The van der Waals surface area contributed by atoms with E-state index < -0.39 is 5.97 Å². The van der Waals surface area contributed by atoms with E-state index in [0.717, 1.165) is 10.9 Å². The third-order valence-electron chi connectivity index (χ3n) is 4.87. The molecule has 0 bridgehead atoms. The van der Waals surface area contributed by atoms with Crippen molar-refractivity contribution in [3.63, 3.8) is 0 Å². The number of fused-ring (bicyclic) bond motifs is 3. The van der Waals surface area contributed by atoms with Gasteiger partial charge in [0.15, 0.2) is 0 Å². The van der Waals surface area contributed by atoms with Crippen LogP contribution in [0.5, 0.6) is 0 Å². The third kappa shape index (κ3) is 3.63. The summed E-state index contributed by atoms with van der Waals surface area (Å²) in [7, 11) is 0. The Hall–Kier alpha value is -3.12. The number of hydrogen-bond acceptors (Lipinski definition) is 3. The predicted molar refractivity (Wildman–Crippen MR) is 109 cm³/mol. The molecule has 4 rings (SSSR count). The van der Waals surface area contributed by atoms with Gasteiger partial charge in [-0.05, 0) is 61.4 Å². The number of nitrogens with zero attached hydrogens (tertiary/aromatic N) is 1. The van der Waals surface area contributed by atoms with Crippen molar-refractivity contribution in [3.05, 3.63) is 76.3 Å². The molecule has 0 aliphatic carbocycles. The van der Waals surface area contributed by atoms with Gasteiger partial charge in [-0.3, -0.25) is 4.79 Å². The van der Waals surface area contributed by atoms with Gasteiger partial charge in [-0.1, -0.05) is 11.6 Å². The summed E-state index contributed by atoms with van der Waals surface area (Å²) in [4.78, 5) is 30.3. The molecule has 3 aromatic rings. The van der Waals surface area contributed by atoms with Crippen molar-refractivity contribution in [1.29, 1.82) is 0 Å². The summed E-state index contributed by atoms with van der Waals surface area (Å²) in [5, 5.41) is 1.35. The summed E-state index contributed by atoms with van der Waals surface area (Å²) in [5.74, 6) is -1.16. The fourth-order valence-corrected chi connectivity index (χ4v) is 3.64. The van der Waals surface area contributed by atoms with Crippen molar-refractivity contribution in [2.75, 3.05) is 13.2 Å². The highest BCUT2D eigenvalue weighted by Crippen LogP contribution is 2.32. The second-order valence-corrected chi connectivity index (χ2v) is 7.12. The van der Waals surface area contributed by atoms with Crippen LogP contribution in [0.25, 0.3) is 16.5 Å². The van der Waals surface area contributed by atoms with Crippen molar-refractivity contribution < 1.29 is 18.7 Å². The second-order valence-electron chi connectivity index (χ2n) is 6.69. The molecule has 0 fully saturated rings. The molecule has 2 heterocycles. The van der Waals surface area contributed by atoms with Crippen LogP contribution < -0.4 is 0 Å². The minimum Gasteiger partial charge on any atom is -0.462 e. The maximum Gasteiger partial charge on any atom is 0.341 e. The first-order chi connectivity index (χ1) is 14.0. The molecule has 0 atom stereocenters. The van der Waals surface area contributed by atoms with Crippen LogP contribution >= 0.6 is 11.6 Å². The lowest BCUT2D eigenvalue weighted by atomic mass is 10.0. The lowest BCUT2D eigenvalue weighted by molar-refractivity contribution is -0.136. The van der Waals surface area contributed by atoms with E-state index in [0.29, 0.717) is 34.8 Å². The molecule has 1 amide bonds. The molecular formula is C22H18ClFN2O3. The smallest absolute Gasteiger partial charge is 0.341 e. The molecule has 2 aromatic carbocycles. The van der Waals surface area contributed by atoms with Gasteiger partial charge < -0.3 is 14.6 Å². The quantitative estimate of drug-likeness (QED) is 0.641. The van der Waals surface area contributed by atoms with E-state index in [2.05, 4.69) is 4.98 Å². The Balaban J connectivity index is 1.80. The first-order valence-corrected chi connectivity index (χ1v) is 9.61. The number of carbonyl (C=O) groups is 2. The number of amides is 1. The Morgan fingerprint density at radius 2 is 1.97 bits per heavy atom. The molecule has 0 unspecified atom stereocenters. The molecule has 1 N–H and O–H groups in total. The molecule has 1 aromatic heterocycles. The SMILES string of the molecule is CCOC(=O)C1=CN(C(=O)c2ccc(Cl)cc2)CCc2c1[nH]c1cc(F)ccc21. The molecule has 5 nitrogen and oxygen atoms in total. The average Bonchev–Trinajstić information content (AvgIpc) is 2.94. The minimum absolute atomic E-state index is 0.200. The van der Waals surface area contributed by atoms with E-state index in [1.165, 1.54) is 23.2 Å². The van der Waals surface area contributed by atoms with Crippen LogP contribution in [0.15, 0.2) is 48.7 Å². The molecule has 7 heteroatoms. The van der Waals surface area contributed by atoms with Gasteiger partial charge in [-0.15, -0.1) is 0 Å². The Bertz CT molecular complexity index is 1130. The number of rotatable bonds is 3. The zero-order chi connectivity index (χ0) is 20.5. The molecule has 148 valence electrons. The first-order valence-electron chi connectivity index (χ1n) is 9.24. The van der Waals surface area contributed by atoms with Gasteiger partial charge in [-0.25, -0.2) is 9.18 Å². The number of nitrogens with one attached hydrogen (secondary N) is 1. The van der Waals surface area contributed by atoms with Gasteiger partial charge in [0, 0.05) is 34.2 Å². The van der Waals surface area contributed by atoms with Gasteiger partial charge >= 0.3 is 5.97 Å². The predicted octanol–water partition coefficient (Wildman–Crippen LogP) is 4.56. The molecule has 0 radical (unpaired) electrons. The Kier molecular flexibility index (Phi) is 5.11. The van der Waals surface area contributed by atoms with E-state index in [4.69, 9.17) is 16.3 Å². The highest BCUT2D eigenvalue weighted by Gasteiger charge is 2.27. The van der Waals surface area contributed by atoms with E-state index in [1.807, 2.05) is 0 Å². The Morgan fingerprint density at radius 3 is 2.69 bits per heavy atom. The van der Waals surface area contributed by atoms with Crippen LogP contribution in [0, 0.1) is 5.82 Å². The number of aromatic amines is 1. The maximum atomic E-state index is 13.7. The fraction of sp³-hybridized carbons (Fsp3) is 0.182. The minimum atomic E-state index is -0.545. The number of ether oxygens (including phenoxy) is 1. The Labute approximate surface area is 171 Å². The van der Waals surface area contributed by atoms with Crippen molar-refractivity contribution in [1.82, 2.24) is 9.88 Å². The van der Waals surface area contributed by atoms with Gasteiger partial charge in [0.2, 0.25) is 0 Å². The number of esters is 1. The van der Waals surface area contributed by atoms with Crippen molar-refractivity contribution in [3.8, 4) is 0 Å². The highest BCUT2D eigenvalue weighted by molar-refractivity contribution is 6.30. The van der Waals surface area contributed by atoms with E-state index in [9.17, 15) is 14.0 Å². The van der Waals surface area contributed by atoms with Gasteiger partial charge in [0.05, 0.1) is 17.9 Å². The standard InChI is InChI=1S/C22H18ClFN2O3/c1-2-29-22(28)18-12-26(21(27)13-3-5-14(23)6-4-13)10-9-17-16-8-7-15(24)11-19(16)25-20(17)18/h3-8,11-12,25H,2,9-10H2,1H3. The van der Waals surface area contributed by atoms with Gasteiger partial charge in [-0.2, -0.15) is 0 Å². The molecule has 0 saturated heterocycles. The summed E-state index contributed by atoms with van der Waals surface area (Å²) < 4.78 is 18.9. The molecular weight excluding hydrogens is 395 g/mol. The third-order valence-corrected chi connectivity index (χ3v) is 5.12. The lowest BCUT2D eigenvalue weighted by Gasteiger charge is -2.18. The van der Waals surface area contributed by atoms with E-state index in [-0.39, 0.29) is 23.9 Å². The number of benzene rings is 2. The number of H-pyrrole nitrogens is 1. The van der Waals surface area contributed by atoms with Crippen LogP contribution in [-0.2, 0) is 16.0 Å². The lowest BCUT2D eigenvalue weighted by Crippen LogP contribution is -2.28. The van der Waals surface area contributed by atoms with E-state index >= 15 is 0 Å². The second kappa shape index (κ2) is 7.72. The molecule has 0 spiro atoms. The zero-order valence-electron chi connectivity index (χ0n) is 15.7. The summed E-state index contributed by atoms with van der Waals surface area (Å²) in [6.07, 6.45) is 2.01. The van der Waals surface area contributed by atoms with Crippen molar-refractivity contribution >= 4 is 40.0 Å². The molecule has 1 aliphatic rings. The topological polar surface area (TPSA) is 62.4 Å². The number of aromatic nitrogens is 1. The number of hydrogen-bond donors (Lipinski definition) is 1. The molecule has 0 saturated carbocycles. The monoisotopic (exact) mass is 412 g/mol. The van der Waals surface area contributed by atoms with Crippen LogP contribution in [0.3, 0.4) is 0 Å². The summed E-state index contributed by atoms with van der Waals surface area (Å²) in [6, 6.07) is 11.0. The highest BCUT2D eigenvalue weighted by atomic mass is 35.5. The Morgan fingerprint density at radius 1 is 1.21 bits per heavy atom. The summed E-state index contributed by atoms with van der Waals surface area (Å²) in [5.41, 5.74) is 2.70. The van der Waals surface area contributed by atoms with Gasteiger partial charge in [0.25, 0.3) is 5.91 Å². The van der Waals surface area contributed by atoms with Crippen molar-refractivity contribution in [2.24, 2.45) is 0 Å². The fourth-order valence-electron chi connectivity index (χ4n) is 3.52. The van der Waals surface area contributed by atoms with Crippen molar-refractivity contribution in [2.45, 2.75) is 13.3 Å². The van der Waals surface area contributed by atoms with Crippen LogP contribution in [0.4, 0.5) is 4.39 Å².